The third-order valence-corrected chi connectivity index (χ3v) is 6.00. The van der Waals surface area contributed by atoms with E-state index >= 15 is 0 Å². The van der Waals surface area contributed by atoms with Crippen LogP contribution in [0.1, 0.15) is 53.2 Å². The van der Waals surface area contributed by atoms with Crippen LogP contribution in [0, 0.1) is 0 Å². The highest BCUT2D eigenvalue weighted by Crippen LogP contribution is 2.34. The molecular formula is C29H28O3. The minimum absolute atomic E-state index is 0.0121. The van der Waals surface area contributed by atoms with Crippen LogP contribution in [0.5, 0.6) is 5.75 Å². The van der Waals surface area contributed by atoms with E-state index in [2.05, 4.69) is 24.3 Å². The Morgan fingerprint density at radius 1 is 0.781 bits per heavy atom. The molecule has 3 heteroatoms. The molecule has 3 aromatic carbocycles. The zero-order valence-electron chi connectivity index (χ0n) is 18.3. The first kappa shape index (κ1) is 21.6. The summed E-state index contributed by atoms with van der Waals surface area (Å²) in [6.45, 7) is 2.01. The predicted octanol–water partition coefficient (Wildman–Crippen LogP) is 6.46. The quantitative estimate of drug-likeness (QED) is 0.353. The van der Waals surface area contributed by atoms with Gasteiger partial charge in [0.2, 0.25) is 0 Å². The van der Waals surface area contributed by atoms with Crippen molar-refractivity contribution >= 4 is 0 Å². The van der Waals surface area contributed by atoms with Gasteiger partial charge in [-0.2, -0.15) is 0 Å². The van der Waals surface area contributed by atoms with Crippen LogP contribution in [0.25, 0.3) is 0 Å². The van der Waals surface area contributed by atoms with E-state index in [-0.39, 0.29) is 17.6 Å². The maximum absolute atomic E-state index is 13.1. The summed E-state index contributed by atoms with van der Waals surface area (Å²) in [6, 6.07) is 31.8. The molecule has 0 bridgehead atoms. The predicted molar refractivity (Wildman–Crippen MR) is 128 cm³/mol. The summed E-state index contributed by atoms with van der Waals surface area (Å²) < 4.78 is 5.88. The molecule has 1 heterocycles. The summed E-state index contributed by atoms with van der Waals surface area (Å²) in [6.07, 6.45) is 2.12. The highest BCUT2D eigenvalue weighted by atomic mass is 16.4. The SMILES string of the molecule is CCC(c1ccccc1)c1c(O)cc(C(Cc2ccccc2)Cc2ccccc2)oc1=O. The van der Waals surface area contributed by atoms with Gasteiger partial charge < -0.3 is 9.52 Å². The molecule has 0 aliphatic carbocycles. The summed E-state index contributed by atoms with van der Waals surface area (Å²) >= 11 is 0. The van der Waals surface area contributed by atoms with E-state index in [1.165, 1.54) is 0 Å². The molecule has 1 N–H and O–H groups in total. The van der Waals surface area contributed by atoms with Gasteiger partial charge in [-0.25, -0.2) is 4.79 Å². The van der Waals surface area contributed by atoms with E-state index in [1.807, 2.05) is 73.7 Å². The van der Waals surface area contributed by atoms with Crippen LogP contribution >= 0.6 is 0 Å². The lowest BCUT2D eigenvalue weighted by atomic mass is 9.87. The van der Waals surface area contributed by atoms with Gasteiger partial charge in [-0.3, -0.25) is 0 Å². The molecule has 3 nitrogen and oxygen atoms in total. The van der Waals surface area contributed by atoms with Crippen molar-refractivity contribution < 1.29 is 9.52 Å². The van der Waals surface area contributed by atoms with Crippen molar-refractivity contribution in [2.75, 3.05) is 0 Å². The molecule has 0 amide bonds. The van der Waals surface area contributed by atoms with Crippen molar-refractivity contribution in [3.05, 3.63) is 135 Å². The van der Waals surface area contributed by atoms with E-state index < -0.39 is 5.63 Å². The van der Waals surface area contributed by atoms with E-state index in [0.29, 0.717) is 30.6 Å². The van der Waals surface area contributed by atoms with Gasteiger partial charge in [0, 0.05) is 17.9 Å². The molecule has 4 rings (SSSR count). The number of aromatic hydroxyl groups is 1. The molecule has 1 aromatic heterocycles. The third kappa shape index (κ3) is 5.00. The molecule has 0 saturated heterocycles. The molecule has 0 saturated carbocycles. The molecule has 0 radical (unpaired) electrons. The normalized spacial score (nSPS) is 12.1. The lowest BCUT2D eigenvalue weighted by Gasteiger charge is -2.20. The molecule has 1 atom stereocenters. The molecule has 0 aliphatic rings. The van der Waals surface area contributed by atoms with Crippen molar-refractivity contribution in [2.24, 2.45) is 0 Å². The van der Waals surface area contributed by atoms with Crippen molar-refractivity contribution in [1.82, 2.24) is 0 Å². The number of rotatable bonds is 8. The average Bonchev–Trinajstić information content (AvgIpc) is 2.83. The molecule has 0 fully saturated rings. The van der Waals surface area contributed by atoms with Crippen LogP contribution in [-0.2, 0) is 12.8 Å². The second-order valence-electron chi connectivity index (χ2n) is 8.18. The Kier molecular flexibility index (Phi) is 6.86. The standard InChI is InChI=1S/C29H28O3/c1-2-25(23-16-10-5-11-17-23)28-26(30)20-27(32-29(28)31)24(18-21-12-6-3-7-13-21)19-22-14-8-4-9-15-22/h3-17,20,24-25,30H,2,18-19H2,1H3. The minimum atomic E-state index is -0.457. The van der Waals surface area contributed by atoms with Gasteiger partial charge in [0.1, 0.15) is 11.5 Å². The molecule has 0 aliphatic heterocycles. The van der Waals surface area contributed by atoms with Gasteiger partial charge in [-0.05, 0) is 36.0 Å². The Balaban J connectivity index is 1.72. The molecule has 162 valence electrons. The van der Waals surface area contributed by atoms with E-state index in [1.54, 1.807) is 6.07 Å². The van der Waals surface area contributed by atoms with Gasteiger partial charge in [0.15, 0.2) is 0 Å². The van der Waals surface area contributed by atoms with E-state index in [0.717, 1.165) is 16.7 Å². The monoisotopic (exact) mass is 424 g/mol. The van der Waals surface area contributed by atoms with Crippen LogP contribution in [0.15, 0.2) is 106 Å². The Hall–Kier alpha value is -3.59. The Morgan fingerprint density at radius 2 is 1.28 bits per heavy atom. The number of hydrogen-bond donors (Lipinski definition) is 1. The topological polar surface area (TPSA) is 50.4 Å². The van der Waals surface area contributed by atoms with Gasteiger partial charge in [0.25, 0.3) is 0 Å². The maximum Gasteiger partial charge on any atom is 0.343 e. The van der Waals surface area contributed by atoms with Gasteiger partial charge in [0.05, 0.1) is 5.56 Å². The van der Waals surface area contributed by atoms with Gasteiger partial charge in [-0.15, -0.1) is 0 Å². The van der Waals surface area contributed by atoms with Crippen molar-refractivity contribution in [3.63, 3.8) is 0 Å². The van der Waals surface area contributed by atoms with Crippen LogP contribution < -0.4 is 5.63 Å². The van der Waals surface area contributed by atoms with Crippen LogP contribution in [0.4, 0.5) is 0 Å². The van der Waals surface area contributed by atoms with Gasteiger partial charge >= 0.3 is 5.63 Å². The first-order valence-electron chi connectivity index (χ1n) is 11.2. The number of hydrogen-bond acceptors (Lipinski definition) is 3. The largest absolute Gasteiger partial charge is 0.507 e. The highest BCUT2D eigenvalue weighted by molar-refractivity contribution is 5.40. The van der Waals surface area contributed by atoms with Crippen LogP contribution in [0.2, 0.25) is 0 Å². The van der Waals surface area contributed by atoms with E-state index in [4.69, 9.17) is 4.42 Å². The summed E-state index contributed by atoms with van der Waals surface area (Å²) in [5.41, 5.74) is 3.20. The third-order valence-electron chi connectivity index (χ3n) is 6.00. The Bertz CT molecular complexity index is 1140. The minimum Gasteiger partial charge on any atom is -0.507 e. The summed E-state index contributed by atoms with van der Waals surface area (Å²) in [7, 11) is 0. The Morgan fingerprint density at radius 3 is 1.75 bits per heavy atom. The zero-order valence-corrected chi connectivity index (χ0v) is 18.3. The summed E-state index contributed by atoms with van der Waals surface area (Å²) in [5, 5.41) is 11.0. The first-order chi connectivity index (χ1) is 15.7. The number of benzene rings is 3. The molecule has 0 spiro atoms. The lowest BCUT2D eigenvalue weighted by Crippen LogP contribution is -2.17. The van der Waals surface area contributed by atoms with Crippen molar-refractivity contribution in [1.29, 1.82) is 0 Å². The fourth-order valence-corrected chi connectivity index (χ4v) is 4.39. The van der Waals surface area contributed by atoms with Crippen molar-refractivity contribution in [3.8, 4) is 5.75 Å². The molecule has 1 unspecified atom stereocenters. The first-order valence-corrected chi connectivity index (χ1v) is 11.2. The molecular weight excluding hydrogens is 396 g/mol. The van der Waals surface area contributed by atoms with Gasteiger partial charge in [-0.1, -0.05) is 97.9 Å². The smallest absolute Gasteiger partial charge is 0.343 e. The Labute approximate surface area is 189 Å². The fourth-order valence-electron chi connectivity index (χ4n) is 4.39. The van der Waals surface area contributed by atoms with E-state index in [9.17, 15) is 9.90 Å². The van der Waals surface area contributed by atoms with Crippen LogP contribution in [0.3, 0.4) is 0 Å². The second kappa shape index (κ2) is 10.1. The molecule has 4 aromatic rings. The van der Waals surface area contributed by atoms with Crippen molar-refractivity contribution in [2.45, 2.75) is 38.0 Å². The fraction of sp³-hybridized carbons (Fsp3) is 0.207. The summed E-state index contributed by atoms with van der Waals surface area (Å²) in [4.78, 5) is 13.1. The zero-order chi connectivity index (χ0) is 22.3. The summed E-state index contributed by atoms with van der Waals surface area (Å²) in [5.74, 6) is 0.261. The molecule has 32 heavy (non-hydrogen) atoms. The lowest BCUT2D eigenvalue weighted by molar-refractivity contribution is 0.383. The average molecular weight is 425 g/mol. The van der Waals surface area contributed by atoms with Crippen LogP contribution in [-0.4, -0.2) is 5.11 Å². The maximum atomic E-state index is 13.1. The second-order valence-corrected chi connectivity index (χ2v) is 8.18. The highest BCUT2D eigenvalue weighted by Gasteiger charge is 2.25.